The van der Waals surface area contributed by atoms with Crippen molar-refractivity contribution in [1.82, 2.24) is 9.97 Å². The van der Waals surface area contributed by atoms with Gasteiger partial charge in [-0.1, -0.05) is 6.42 Å². The number of carboxylic acid groups (broad SMARTS) is 1. The molecule has 1 aliphatic carbocycles. The molecule has 2 unspecified atom stereocenters. The van der Waals surface area contributed by atoms with Crippen molar-refractivity contribution in [2.24, 2.45) is 0 Å². The first-order chi connectivity index (χ1) is 11.8. The van der Waals surface area contributed by atoms with Gasteiger partial charge in [0, 0.05) is 12.1 Å². The molecule has 2 N–H and O–H groups in total. The number of hydrogen-bond acceptors (Lipinski definition) is 4. The van der Waals surface area contributed by atoms with Crippen LogP contribution in [0.4, 0.5) is 13.2 Å². The number of aromatic nitrogens is 2. The molecule has 2 aromatic rings. The quantitative estimate of drug-likeness (QED) is 0.874. The van der Waals surface area contributed by atoms with Gasteiger partial charge in [-0.05, 0) is 42.5 Å². The lowest BCUT2D eigenvalue weighted by Gasteiger charge is -2.21. The summed E-state index contributed by atoms with van der Waals surface area (Å²) in [5.74, 6) is -2.08. The van der Waals surface area contributed by atoms with Crippen LogP contribution in [0.5, 0.6) is 5.75 Å². The van der Waals surface area contributed by atoms with Crippen LogP contribution in [0.25, 0.3) is 0 Å². The maximum Gasteiger partial charge on any atom is 0.416 e. The minimum atomic E-state index is -4.50. The number of aromatic hydroxyl groups is 1. The fraction of sp³-hybridized carbons (Fsp3) is 0.353. The van der Waals surface area contributed by atoms with Gasteiger partial charge in [0.25, 0.3) is 0 Å². The summed E-state index contributed by atoms with van der Waals surface area (Å²) in [6.45, 7) is 0. The summed E-state index contributed by atoms with van der Waals surface area (Å²) in [5, 5.41) is 19.1. The fourth-order valence-electron chi connectivity index (χ4n) is 3.38. The van der Waals surface area contributed by atoms with Crippen molar-refractivity contribution in [1.29, 1.82) is 0 Å². The van der Waals surface area contributed by atoms with Gasteiger partial charge in [0.2, 0.25) is 0 Å². The molecular formula is C17H15F3N2O3. The third-order valence-corrected chi connectivity index (χ3v) is 4.52. The van der Waals surface area contributed by atoms with E-state index in [1.54, 1.807) is 0 Å². The number of hydrogen-bond donors (Lipinski definition) is 2. The molecule has 1 saturated carbocycles. The van der Waals surface area contributed by atoms with Crippen LogP contribution < -0.4 is 0 Å². The average Bonchev–Trinajstić information content (AvgIpc) is 3.03. The minimum Gasteiger partial charge on any atom is -0.508 e. The molecule has 0 amide bonds. The number of nitrogens with zero attached hydrogens (tertiary/aromatic N) is 2. The lowest BCUT2D eigenvalue weighted by molar-refractivity contribution is -0.137. The second-order valence-electron chi connectivity index (χ2n) is 6.05. The van der Waals surface area contributed by atoms with Crippen molar-refractivity contribution in [3.05, 3.63) is 53.1 Å². The first-order valence-electron chi connectivity index (χ1n) is 7.72. The summed E-state index contributed by atoms with van der Waals surface area (Å²) >= 11 is 0. The highest BCUT2D eigenvalue weighted by atomic mass is 19.4. The summed E-state index contributed by atoms with van der Waals surface area (Å²) in [4.78, 5) is 19.0. The normalized spacial score (nSPS) is 20.6. The third-order valence-electron chi connectivity index (χ3n) is 4.52. The molecule has 132 valence electrons. The molecule has 1 aliphatic rings. The molecule has 3 rings (SSSR count). The molecule has 0 aliphatic heterocycles. The molecule has 0 saturated heterocycles. The number of benzene rings is 1. The maximum atomic E-state index is 13.0. The van der Waals surface area contributed by atoms with Gasteiger partial charge in [0.15, 0.2) is 5.69 Å². The highest BCUT2D eigenvalue weighted by Crippen LogP contribution is 2.48. The van der Waals surface area contributed by atoms with E-state index in [0.717, 1.165) is 30.8 Å². The number of phenolic OH excluding ortho intramolecular Hbond substituents is 1. The fourth-order valence-corrected chi connectivity index (χ4v) is 3.38. The molecular weight excluding hydrogens is 337 g/mol. The Morgan fingerprint density at radius 2 is 1.88 bits per heavy atom. The highest BCUT2D eigenvalue weighted by molar-refractivity contribution is 5.84. The number of aromatic carboxylic acids is 1. The van der Waals surface area contributed by atoms with E-state index in [2.05, 4.69) is 9.97 Å². The van der Waals surface area contributed by atoms with Crippen LogP contribution >= 0.6 is 0 Å². The summed E-state index contributed by atoms with van der Waals surface area (Å²) in [6.07, 6.45) is 0.0117. The van der Waals surface area contributed by atoms with Gasteiger partial charge < -0.3 is 10.2 Å². The summed E-state index contributed by atoms with van der Waals surface area (Å²) in [5.41, 5.74) is -0.410. The van der Waals surface area contributed by atoms with E-state index in [0.29, 0.717) is 18.5 Å². The van der Waals surface area contributed by atoms with Crippen LogP contribution in [-0.4, -0.2) is 26.2 Å². The standard InChI is InChI=1S/C17H15F3N2O3/c18-17(19,20)9-4-5-15(23)12(6-9)10-2-1-3-11(10)13-7-21-8-14(22-13)16(24)25/h4-8,10-11,23H,1-3H2,(H,24,25). The Balaban J connectivity index is 2.00. The van der Waals surface area contributed by atoms with Crippen molar-refractivity contribution in [2.75, 3.05) is 0 Å². The van der Waals surface area contributed by atoms with Crippen molar-refractivity contribution in [2.45, 2.75) is 37.3 Å². The lowest BCUT2D eigenvalue weighted by Crippen LogP contribution is -2.12. The van der Waals surface area contributed by atoms with E-state index < -0.39 is 17.7 Å². The lowest BCUT2D eigenvalue weighted by atomic mass is 9.85. The number of halogens is 3. The molecule has 1 fully saturated rings. The van der Waals surface area contributed by atoms with Gasteiger partial charge in [-0.15, -0.1) is 0 Å². The summed E-state index contributed by atoms with van der Waals surface area (Å²) < 4.78 is 38.9. The van der Waals surface area contributed by atoms with E-state index in [9.17, 15) is 23.1 Å². The molecule has 5 nitrogen and oxygen atoms in total. The summed E-state index contributed by atoms with van der Waals surface area (Å²) in [7, 11) is 0. The van der Waals surface area contributed by atoms with Crippen LogP contribution in [0.1, 0.15) is 58.4 Å². The molecule has 1 heterocycles. The van der Waals surface area contributed by atoms with Gasteiger partial charge in [-0.25, -0.2) is 9.78 Å². The highest BCUT2D eigenvalue weighted by Gasteiger charge is 2.36. The van der Waals surface area contributed by atoms with Crippen LogP contribution in [-0.2, 0) is 6.18 Å². The molecule has 8 heteroatoms. The smallest absolute Gasteiger partial charge is 0.416 e. The van der Waals surface area contributed by atoms with E-state index in [1.165, 1.54) is 6.20 Å². The number of carbonyl (C=O) groups is 1. The van der Waals surface area contributed by atoms with Crippen molar-refractivity contribution in [3.63, 3.8) is 0 Å². The van der Waals surface area contributed by atoms with Crippen LogP contribution in [0.2, 0.25) is 0 Å². The van der Waals surface area contributed by atoms with Crippen LogP contribution in [0.15, 0.2) is 30.6 Å². The predicted molar refractivity (Wildman–Crippen MR) is 81.4 cm³/mol. The molecule has 1 aromatic carbocycles. The van der Waals surface area contributed by atoms with E-state index in [-0.39, 0.29) is 28.8 Å². The topological polar surface area (TPSA) is 83.3 Å². The molecule has 0 bridgehead atoms. The van der Waals surface area contributed by atoms with Gasteiger partial charge >= 0.3 is 12.1 Å². The van der Waals surface area contributed by atoms with E-state index in [4.69, 9.17) is 5.11 Å². The number of rotatable bonds is 3. The zero-order chi connectivity index (χ0) is 18.2. The largest absolute Gasteiger partial charge is 0.508 e. The maximum absolute atomic E-state index is 13.0. The predicted octanol–water partition coefficient (Wildman–Crippen LogP) is 3.95. The van der Waals surface area contributed by atoms with Crippen molar-refractivity contribution in [3.8, 4) is 5.75 Å². The molecule has 1 aromatic heterocycles. The van der Waals surface area contributed by atoms with Gasteiger partial charge in [-0.2, -0.15) is 13.2 Å². The van der Waals surface area contributed by atoms with E-state index in [1.807, 2.05) is 0 Å². The molecule has 2 atom stereocenters. The van der Waals surface area contributed by atoms with Gasteiger partial charge in [-0.3, -0.25) is 4.98 Å². The average molecular weight is 352 g/mol. The Kier molecular flexibility index (Phi) is 4.36. The Bertz CT molecular complexity index is 808. The Morgan fingerprint density at radius 1 is 1.16 bits per heavy atom. The molecule has 0 radical (unpaired) electrons. The zero-order valence-corrected chi connectivity index (χ0v) is 13.0. The van der Waals surface area contributed by atoms with E-state index >= 15 is 0 Å². The van der Waals surface area contributed by atoms with Gasteiger partial charge in [0.1, 0.15) is 5.75 Å². The molecule has 25 heavy (non-hydrogen) atoms. The Morgan fingerprint density at radius 3 is 2.56 bits per heavy atom. The number of phenols is 1. The number of carboxylic acids is 1. The second kappa shape index (κ2) is 6.34. The van der Waals surface area contributed by atoms with Gasteiger partial charge in [0.05, 0.1) is 17.5 Å². The zero-order valence-electron chi connectivity index (χ0n) is 13.0. The number of alkyl halides is 3. The minimum absolute atomic E-state index is 0.202. The first kappa shape index (κ1) is 17.2. The van der Waals surface area contributed by atoms with Crippen LogP contribution in [0.3, 0.4) is 0 Å². The third kappa shape index (κ3) is 3.42. The Hall–Kier alpha value is -2.64. The van der Waals surface area contributed by atoms with Crippen molar-refractivity contribution < 1.29 is 28.2 Å². The molecule has 0 spiro atoms. The van der Waals surface area contributed by atoms with Crippen molar-refractivity contribution >= 4 is 5.97 Å². The summed E-state index contributed by atoms with van der Waals surface area (Å²) in [6, 6.07) is 2.85. The Labute approximate surface area is 141 Å². The monoisotopic (exact) mass is 352 g/mol. The van der Waals surface area contributed by atoms with Crippen LogP contribution in [0, 0.1) is 0 Å². The SMILES string of the molecule is O=C(O)c1cncc(C2CCCC2c2cc(C(F)(F)F)ccc2O)n1. The second-order valence-corrected chi connectivity index (χ2v) is 6.05. The first-order valence-corrected chi connectivity index (χ1v) is 7.72.